The Morgan fingerprint density at radius 3 is 2.72 bits per heavy atom. The van der Waals surface area contributed by atoms with E-state index in [0.29, 0.717) is 17.3 Å². The Hall–Kier alpha value is -2.93. The molecule has 29 heavy (non-hydrogen) atoms. The lowest BCUT2D eigenvalue weighted by atomic mass is 10.0. The van der Waals surface area contributed by atoms with Gasteiger partial charge in [-0.05, 0) is 55.2 Å². The normalized spacial score (nSPS) is 19.7. The summed E-state index contributed by atoms with van der Waals surface area (Å²) in [5, 5.41) is 21.6. The van der Waals surface area contributed by atoms with Gasteiger partial charge in [0.15, 0.2) is 5.82 Å². The zero-order chi connectivity index (χ0) is 20.8. The molecular weight excluding hydrogens is 366 g/mol. The van der Waals surface area contributed by atoms with E-state index in [1.54, 1.807) is 25.3 Å². The van der Waals surface area contributed by atoms with Crippen LogP contribution in [0.3, 0.4) is 0 Å². The van der Waals surface area contributed by atoms with Crippen LogP contribution in [0.5, 0.6) is 5.75 Å². The van der Waals surface area contributed by atoms with Crippen LogP contribution in [0.2, 0.25) is 0 Å². The number of nitrogens with zero attached hydrogens (tertiary/aromatic N) is 3. The Kier molecular flexibility index (Phi) is 6.82. The Morgan fingerprint density at radius 1 is 1.24 bits per heavy atom. The third kappa shape index (κ3) is 5.32. The number of hydrogen-bond donors (Lipinski definition) is 3. The number of aromatic hydroxyl groups is 1. The highest BCUT2D eigenvalue weighted by Crippen LogP contribution is 2.30. The maximum Gasteiger partial charge on any atom is 0.243 e. The summed E-state index contributed by atoms with van der Waals surface area (Å²) < 4.78 is 0. The van der Waals surface area contributed by atoms with Crippen molar-refractivity contribution in [2.45, 2.75) is 44.2 Å². The zero-order valence-corrected chi connectivity index (χ0v) is 17.0. The van der Waals surface area contributed by atoms with E-state index in [1.165, 1.54) is 18.9 Å². The van der Waals surface area contributed by atoms with Gasteiger partial charge in [-0.1, -0.05) is 18.9 Å². The van der Waals surface area contributed by atoms with Crippen molar-refractivity contribution in [3.63, 3.8) is 0 Å². The molecule has 1 heterocycles. The number of aromatic nitrogens is 2. The Bertz CT molecular complexity index is 866. The molecule has 7 nitrogen and oxygen atoms in total. The van der Waals surface area contributed by atoms with E-state index in [0.717, 1.165) is 30.6 Å². The first-order valence-electron chi connectivity index (χ1n) is 10.0. The van der Waals surface area contributed by atoms with Gasteiger partial charge in [0.2, 0.25) is 5.91 Å². The molecule has 1 amide bonds. The van der Waals surface area contributed by atoms with E-state index in [2.05, 4.69) is 20.4 Å². The molecule has 0 radical (unpaired) electrons. The summed E-state index contributed by atoms with van der Waals surface area (Å²) in [6.07, 6.45) is 8.59. The van der Waals surface area contributed by atoms with Gasteiger partial charge in [0.1, 0.15) is 5.75 Å². The average molecular weight is 396 g/mol. The van der Waals surface area contributed by atoms with Crippen LogP contribution in [0.4, 0.5) is 5.82 Å². The van der Waals surface area contributed by atoms with Gasteiger partial charge in [-0.2, -0.15) is 0 Å². The minimum Gasteiger partial charge on any atom is -0.507 e. The van der Waals surface area contributed by atoms with Crippen molar-refractivity contribution in [2.24, 2.45) is 5.73 Å². The molecule has 154 valence electrons. The summed E-state index contributed by atoms with van der Waals surface area (Å²) in [7, 11) is 3.61. The molecule has 1 aromatic heterocycles. The fourth-order valence-corrected chi connectivity index (χ4v) is 3.69. The van der Waals surface area contributed by atoms with Gasteiger partial charge in [-0.15, -0.1) is 10.2 Å². The molecular formula is C22H29N5O2. The van der Waals surface area contributed by atoms with Gasteiger partial charge in [0.25, 0.3) is 0 Å². The van der Waals surface area contributed by atoms with Crippen molar-refractivity contribution in [2.75, 3.05) is 19.0 Å². The molecule has 3 rings (SSSR count). The lowest BCUT2D eigenvalue weighted by Gasteiger charge is -2.29. The maximum atomic E-state index is 11.3. The number of phenols is 1. The second kappa shape index (κ2) is 9.52. The first-order chi connectivity index (χ1) is 14.0. The average Bonchev–Trinajstić information content (AvgIpc) is 2.96. The summed E-state index contributed by atoms with van der Waals surface area (Å²) in [5.41, 5.74) is 8.12. The monoisotopic (exact) mass is 395 g/mol. The summed E-state index contributed by atoms with van der Waals surface area (Å²) in [6, 6.07) is 9.60. The third-order valence-electron chi connectivity index (χ3n) is 5.47. The van der Waals surface area contributed by atoms with Crippen LogP contribution in [-0.2, 0) is 4.79 Å². The second-order valence-electron chi connectivity index (χ2n) is 7.55. The number of rotatable bonds is 5. The van der Waals surface area contributed by atoms with Gasteiger partial charge < -0.3 is 21.1 Å². The lowest BCUT2D eigenvalue weighted by molar-refractivity contribution is -0.115. The number of nitrogens with one attached hydrogen (secondary N) is 1. The molecule has 1 aromatic carbocycles. The number of carbonyl (C=O) groups is 1. The van der Waals surface area contributed by atoms with E-state index >= 15 is 0 Å². The minimum atomic E-state index is -0.200. The van der Waals surface area contributed by atoms with Crippen molar-refractivity contribution >= 4 is 17.8 Å². The van der Waals surface area contributed by atoms with Crippen LogP contribution in [0.25, 0.3) is 17.3 Å². The summed E-state index contributed by atoms with van der Waals surface area (Å²) >= 11 is 0. The lowest BCUT2D eigenvalue weighted by Crippen LogP contribution is -2.36. The standard InChI is InChI=1S/C22H29N5O2/c1-24-22(29)12-8-15-7-9-18(20(28)13-15)19-10-11-21(26-25-19)27(2)17-6-4-3-5-16(23)14-17/h7-13,16-17,28H,3-6,14,23H2,1-2H3,(H,24,29)/b12-8+/t16-,17+/m1/s1. The molecule has 1 aliphatic carbocycles. The van der Waals surface area contributed by atoms with Crippen molar-refractivity contribution in [3.8, 4) is 17.0 Å². The van der Waals surface area contributed by atoms with Gasteiger partial charge >= 0.3 is 0 Å². The predicted molar refractivity (Wildman–Crippen MR) is 115 cm³/mol. The molecule has 2 atom stereocenters. The van der Waals surface area contributed by atoms with Crippen LogP contribution >= 0.6 is 0 Å². The summed E-state index contributed by atoms with van der Waals surface area (Å²) in [6.45, 7) is 0. The molecule has 0 spiro atoms. The number of amides is 1. The second-order valence-corrected chi connectivity index (χ2v) is 7.55. The van der Waals surface area contributed by atoms with E-state index in [4.69, 9.17) is 5.73 Å². The highest BCUT2D eigenvalue weighted by atomic mass is 16.3. The van der Waals surface area contributed by atoms with Crippen LogP contribution < -0.4 is 16.0 Å². The van der Waals surface area contributed by atoms with Gasteiger partial charge in [0.05, 0.1) is 5.69 Å². The summed E-state index contributed by atoms with van der Waals surface area (Å²) in [5.74, 6) is 0.695. The van der Waals surface area contributed by atoms with Crippen LogP contribution in [0, 0.1) is 0 Å². The van der Waals surface area contributed by atoms with Crippen molar-refractivity contribution in [1.82, 2.24) is 15.5 Å². The molecule has 1 fully saturated rings. The molecule has 0 bridgehead atoms. The minimum absolute atomic E-state index is 0.0919. The van der Waals surface area contributed by atoms with Gasteiger partial charge in [-0.25, -0.2) is 0 Å². The van der Waals surface area contributed by atoms with Crippen LogP contribution in [0.1, 0.15) is 37.7 Å². The Morgan fingerprint density at radius 2 is 2.03 bits per heavy atom. The Balaban J connectivity index is 1.74. The molecule has 2 aromatic rings. The van der Waals surface area contributed by atoms with E-state index in [1.807, 2.05) is 25.2 Å². The van der Waals surface area contributed by atoms with Crippen molar-refractivity contribution in [1.29, 1.82) is 0 Å². The van der Waals surface area contributed by atoms with Crippen molar-refractivity contribution in [3.05, 3.63) is 42.0 Å². The number of carbonyl (C=O) groups excluding carboxylic acids is 1. The molecule has 0 aliphatic heterocycles. The number of anilines is 1. The van der Waals surface area contributed by atoms with E-state index < -0.39 is 0 Å². The zero-order valence-electron chi connectivity index (χ0n) is 17.0. The summed E-state index contributed by atoms with van der Waals surface area (Å²) in [4.78, 5) is 13.5. The van der Waals surface area contributed by atoms with Gasteiger partial charge in [-0.3, -0.25) is 4.79 Å². The smallest absolute Gasteiger partial charge is 0.243 e. The molecule has 7 heteroatoms. The first-order valence-corrected chi connectivity index (χ1v) is 10.0. The number of phenolic OH excluding ortho intramolecular Hbond substituents is 1. The molecule has 1 saturated carbocycles. The van der Waals surface area contributed by atoms with Crippen LogP contribution in [0.15, 0.2) is 36.4 Å². The fraction of sp³-hybridized carbons (Fsp3) is 0.409. The number of hydrogen-bond acceptors (Lipinski definition) is 6. The first kappa shape index (κ1) is 20.8. The third-order valence-corrected chi connectivity index (χ3v) is 5.47. The highest BCUT2D eigenvalue weighted by Gasteiger charge is 2.22. The molecule has 1 aliphatic rings. The fourth-order valence-electron chi connectivity index (χ4n) is 3.69. The quantitative estimate of drug-likeness (QED) is 0.531. The molecule has 0 unspecified atom stereocenters. The maximum absolute atomic E-state index is 11.3. The molecule has 4 N–H and O–H groups in total. The largest absolute Gasteiger partial charge is 0.507 e. The highest BCUT2D eigenvalue weighted by molar-refractivity contribution is 5.91. The number of likely N-dealkylation sites (N-methyl/N-ethyl adjacent to an activating group) is 1. The van der Waals surface area contributed by atoms with E-state index in [9.17, 15) is 9.90 Å². The van der Waals surface area contributed by atoms with Crippen molar-refractivity contribution < 1.29 is 9.90 Å². The Labute approximate surface area is 171 Å². The number of benzene rings is 1. The van der Waals surface area contributed by atoms with Crippen LogP contribution in [-0.4, -0.2) is 47.4 Å². The van der Waals surface area contributed by atoms with E-state index in [-0.39, 0.29) is 17.7 Å². The topological polar surface area (TPSA) is 104 Å². The predicted octanol–water partition coefficient (Wildman–Crippen LogP) is 2.70. The number of nitrogens with two attached hydrogens (primary N) is 1. The SMILES string of the molecule is CNC(=O)/C=C/c1ccc(-c2ccc(N(C)[C@H]3CCCC[C@@H](N)C3)nn2)c(O)c1. The van der Waals surface area contributed by atoms with Gasteiger partial charge in [0, 0.05) is 37.8 Å². The molecule has 0 saturated heterocycles.